The molecule has 5 amide bonds. The van der Waals surface area contributed by atoms with Gasteiger partial charge in [0.15, 0.2) is 0 Å². The van der Waals surface area contributed by atoms with Gasteiger partial charge >= 0.3 is 0 Å². The fourth-order valence-electron chi connectivity index (χ4n) is 9.28. The molecule has 0 bridgehead atoms. The number of carbonyl (C=O) groups is 5. The van der Waals surface area contributed by atoms with E-state index in [2.05, 4.69) is 20.7 Å². The van der Waals surface area contributed by atoms with E-state index < -0.39 is 41.3 Å². The highest BCUT2D eigenvalue weighted by Gasteiger charge is 2.44. The molecule has 380 valence electrons. The Bertz CT molecular complexity index is 2760. The van der Waals surface area contributed by atoms with Crippen LogP contribution in [0, 0.1) is 11.6 Å². The van der Waals surface area contributed by atoms with E-state index >= 15 is 8.78 Å². The van der Waals surface area contributed by atoms with Gasteiger partial charge in [-0.25, -0.2) is 13.8 Å². The first-order valence-corrected chi connectivity index (χ1v) is 24.4. The lowest BCUT2D eigenvalue weighted by atomic mass is 10.0. The van der Waals surface area contributed by atoms with Crippen LogP contribution in [0.25, 0.3) is 33.4 Å². The monoisotopic (exact) mass is 993 g/mol. The van der Waals surface area contributed by atoms with Crippen molar-refractivity contribution in [2.45, 2.75) is 50.7 Å². The van der Waals surface area contributed by atoms with Crippen molar-refractivity contribution in [3.63, 3.8) is 0 Å². The smallest absolute Gasteiger partial charge is 0.262 e. The Hall–Kier alpha value is -6.62. The van der Waals surface area contributed by atoms with E-state index in [-0.39, 0.29) is 54.4 Å². The highest BCUT2D eigenvalue weighted by molar-refractivity contribution is 6.23. The number of amides is 5. The van der Waals surface area contributed by atoms with Crippen molar-refractivity contribution in [2.75, 3.05) is 104 Å². The van der Waals surface area contributed by atoms with Crippen molar-refractivity contribution >= 4 is 46.3 Å². The normalized spacial score (nSPS) is 17.8. The average molecular weight is 994 g/mol. The number of rotatable bonds is 22. The Kier molecular flexibility index (Phi) is 16.6. The van der Waals surface area contributed by atoms with E-state index in [9.17, 15) is 24.0 Å². The maximum absolute atomic E-state index is 15.4. The van der Waals surface area contributed by atoms with Crippen molar-refractivity contribution in [2.24, 2.45) is 0 Å². The van der Waals surface area contributed by atoms with Gasteiger partial charge in [-0.3, -0.25) is 48.8 Å². The maximum Gasteiger partial charge on any atom is 0.262 e. The quantitative estimate of drug-likeness (QED) is 0.0728. The van der Waals surface area contributed by atoms with E-state index in [0.29, 0.717) is 132 Å². The van der Waals surface area contributed by atoms with Crippen LogP contribution in [0.1, 0.15) is 64.4 Å². The van der Waals surface area contributed by atoms with E-state index in [0.717, 1.165) is 23.3 Å². The summed E-state index contributed by atoms with van der Waals surface area (Å²) in [6.07, 6.45) is 7.25. The minimum atomic E-state index is -1.01. The molecule has 2 N–H and O–H groups in total. The zero-order chi connectivity index (χ0) is 50.0. The van der Waals surface area contributed by atoms with E-state index in [1.54, 1.807) is 42.7 Å². The Morgan fingerprint density at radius 1 is 0.764 bits per heavy atom. The Morgan fingerprint density at radius 3 is 2.18 bits per heavy atom. The second kappa shape index (κ2) is 23.7. The molecule has 4 aliphatic heterocycles. The number of likely N-dealkylation sites (tertiary alicyclic amines) is 1. The molecule has 0 saturated carbocycles. The summed E-state index contributed by atoms with van der Waals surface area (Å²) in [5.74, 6) is -3.36. The number of piperidine rings is 2. The number of benzene rings is 3. The molecule has 9 rings (SSSR count). The number of fused-ring (bicyclic) bond motifs is 2. The van der Waals surface area contributed by atoms with Gasteiger partial charge in [-0.1, -0.05) is 12.1 Å². The molecule has 2 aromatic heterocycles. The molecule has 0 radical (unpaired) electrons. The van der Waals surface area contributed by atoms with E-state index in [4.69, 9.17) is 28.7 Å². The molecule has 5 aromatic rings. The van der Waals surface area contributed by atoms with Gasteiger partial charge < -0.3 is 33.9 Å². The molecule has 3 aromatic carbocycles. The van der Waals surface area contributed by atoms with Crippen molar-refractivity contribution in [3.8, 4) is 22.4 Å². The molecular formula is C51H57F2N9O10. The number of hydrogen-bond acceptors (Lipinski definition) is 15. The molecule has 19 nitrogen and oxygen atoms in total. The highest BCUT2D eigenvalue weighted by atomic mass is 19.1. The molecular weight excluding hydrogens is 937 g/mol. The fraction of sp³-hybridized carbons (Fsp3) is 0.451. The van der Waals surface area contributed by atoms with E-state index in [1.165, 1.54) is 12.1 Å². The number of anilines is 1. The predicted molar refractivity (Wildman–Crippen MR) is 257 cm³/mol. The minimum absolute atomic E-state index is 0.0353. The first-order valence-electron chi connectivity index (χ1n) is 24.4. The Labute approximate surface area is 414 Å². The minimum Gasteiger partial charge on any atom is -0.383 e. The average Bonchev–Trinajstić information content (AvgIpc) is 3.98. The number of morpholine rings is 1. The lowest BCUT2D eigenvalue weighted by molar-refractivity contribution is -0.136. The van der Waals surface area contributed by atoms with Crippen molar-refractivity contribution in [1.29, 1.82) is 0 Å². The first kappa shape index (κ1) is 50.3. The third kappa shape index (κ3) is 12.0. The molecule has 21 heteroatoms. The van der Waals surface area contributed by atoms with Gasteiger partial charge in [0.25, 0.3) is 11.8 Å². The molecule has 0 spiro atoms. The number of nitrogens with one attached hydrogen (secondary N) is 2. The van der Waals surface area contributed by atoms with Gasteiger partial charge in [0.2, 0.25) is 17.7 Å². The molecule has 1 unspecified atom stereocenters. The number of para-hydroxylation sites is 1. The summed E-state index contributed by atoms with van der Waals surface area (Å²) in [4.78, 5) is 77.0. The molecule has 4 aliphatic rings. The van der Waals surface area contributed by atoms with Crippen LogP contribution in [0.3, 0.4) is 0 Å². The zero-order valence-electron chi connectivity index (χ0n) is 39.8. The van der Waals surface area contributed by atoms with Gasteiger partial charge in [-0.15, -0.1) is 0 Å². The van der Waals surface area contributed by atoms with Gasteiger partial charge in [-0.2, -0.15) is 5.10 Å². The third-order valence-corrected chi connectivity index (χ3v) is 13.2. The van der Waals surface area contributed by atoms with Crippen LogP contribution >= 0.6 is 0 Å². The lowest BCUT2D eigenvalue weighted by Crippen LogP contribution is -2.54. The summed E-state index contributed by atoms with van der Waals surface area (Å²) >= 11 is 0. The zero-order valence-corrected chi connectivity index (χ0v) is 39.8. The summed E-state index contributed by atoms with van der Waals surface area (Å²) in [5, 5.41) is 9.99. The summed E-state index contributed by atoms with van der Waals surface area (Å²) < 4.78 is 60.5. The van der Waals surface area contributed by atoms with Gasteiger partial charge in [0, 0.05) is 74.3 Å². The number of hydrogen-bond donors (Lipinski definition) is 2. The number of ether oxygens (including phenoxy) is 5. The Morgan fingerprint density at radius 2 is 1.46 bits per heavy atom. The Balaban J connectivity index is 0.616. The third-order valence-electron chi connectivity index (χ3n) is 13.2. The topological polar surface area (TPSA) is 209 Å². The van der Waals surface area contributed by atoms with Crippen LogP contribution in [0.15, 0.2) is 67.1 Å². The van der Waals surface area contributed by atoms with Crippen LogP contribution in [-0.2, 0) is 44.6 Å². The van der Waals surface area contributed by atoms with Gasteiger partial charge in [-0.05, 0) is 61.2 Å². The summed E-state index contributed by atoms with van der Waals surface area (Å²) in [7, 11) is 0. The number of halogens is 2. The maximum atomic E-state index is 15.4. The molecule has 0 aliphatic carbocycles. The van der Waals surface area contributed by atoms with Gasteiger partial charge in [0.05, 0.1) is 119 Å². The van der Waals surface area contributed by atoms with Crippen LogP contribution < -0.4 is 10.6 Å². The van der Waals surface area contributed by atoms with Gasteiger partial charge in [0.1, 0.15) is 17.7 Å². The van der Waals surface area contributed by atoms with Crippen molar-refractivity contribution < 1.29 is 56.4 Å². The van der Waals surface area contributed by atoms with Crippen molar-refractivity contribution in [1.82, 2.24) is 39.8 Å². The number of nitrogens with zero attached hydrogens (tertiary/aromatic N) is 7. The summed E-state index contributed by atoms with van der Waals surface area (Å²) in [6.45, 7) is 7.01. The molecule has 1 atom stereocenters. The number of carbonyl (C=O) groups excluding carboxylic acids is 5. The summed E-state index contributed by atoms with van der Waals surface area (Å²) in [6, 6.07) is 12.0. The summed E-state index contributed by atoms with van der Waals surface area (Å²) in [5.41, 5.74) is 4.52. The highest BCUT2D eigenvalue weighted by Crippen LogP contribution is 2.33. The fourth-order valence-corrected chi connectivity index (χ4v) is 9.28. The van der Waals surface area contributed by atoms with Crippen LogP contribution in [0.2, 0.25) is 0 Å². The number of imide groups is 2. The predicted octanol–water partition coefficient (Wildman–Crippen LogP) is 4.40. The molecule has 3 fully saturated rings. The molecule has 6 heterocycles. The largest absolute Gasteiger partial charge is 0.383 e. The second-order valence-electron chi connectivity index (χ2n) is 17.9. The van der Waals surface area contributed by atoms with Crippen LogP contribution in [0.4, 0.5) is 14.5 Å². The van der Waals surface area contributed by atoms with Crippen molar-refractivity contribution in [3.05, 3.63) is 95.4 Å². The first-order chi connectivity index (χ1) is 35.1. The molecule has 3 saturated heterocycles. The SMILES string of the molecule is O=C1CCC(N2C(=O)c3ccc(NCCOCCOCCOCCOCCC(=O)N4CCC(n5cc(-c6cnc7cccc(-c8cc(F)c(CN9CCOCC9)c(F)c8)c7n6)cn5)CC4)cc3C2=O)C(=O)N1. The standard InChI is InChI=1S/C51H57F2N9O10/c52-41-26-33(27-42(53)40(41)32-59-14-18-70-19-15-59)37-2-1-3-43-48(37)57-44(30-55-43)34-29-56-61(31-34)36-8-12-60(13-9-36)47(64)10-16-68-20-22-71-24-25-72-23-21-69-17-11-54-35-4-5-38-39(28-35)51(67)62(50(38)66)45-6-7-46(63)58-49(45)65/h1-5,26-31,36,45,54H,6-25,32H2,(H,58,63,65). The van der Waals surface area contributed by atoms with E-state index in [1.807, 2.05) is 26.7 Å². The van der Waals surface area contributed by atoms with Crippen LogP contribution in [-0.4, -0.2) is 169 Å². The van der Waals surface area contributed by atoms with Crippen LogP contribution in [0.5, 0.6) is 0 Å². The lowest BCUT2D eigenvalue weighted by Gasteiger charge is -2.32. The molecule has 72 heavy (non-hydrogen) atoms. The number of aromatic nitrogens is 4. The second-order valence-corrected chi connectivity index (χ2v) is 17.9.